The van der Waals surface area contributed by atoms with Gasteiger partial charge in [-0.2, -0.15) is 0 Å². The maximum Gasteiger partial charge on any atom is 0.336 e. The Morgan fingerprint density at radius 2 is 1.77 bits per heavy atom. The second-order valence-corrected chi connectivity index (χ2v) is 10.3. The summed E-state index contributed by atoms with van der Waals surface area (Å²) in [7, 11) is 2.94. The fourth-order valence-corrected chi connectivity index (χ4v) is 5.44. The van der Waals surface area contributed by atoms with Crippen LogP contribution in [0.25, 0.3) is 33.5 Å². The second kappa shape index (κ2) is 12.5. The van der Waals surface area contributed by atoms with Gasteiger partial charge < -0.3 is 24.9 Å². The fraction of sp³-hybridized carbons (Fsp3) is 0.182. The van der Waals surface area contributed by atoms with Crippen LogP contribution < -0.4 is 14.8 Å². The average Bonchev–Trinajstić information content (AvgIpc) is 3.42. The number of hydrogen-bond donors (Lipinski definition) is 3. The van der Waals surface area contributed by atoms with Crippen molar-refractivity contribution in [3.8, 4) is 34.0 Å². The molecule has 43 heavy (non-hydrogen) atoms. The van der Waals surface area contributed by atoms with Gasteiger partial charge in [0.05, 0.1) is 36.9 Å². The third-order valence-electron chi connectivity index (χ3n) is 7.20. The molecule has 1 atom stereocenters. The molecule has 0 aliphatic heterocycles. The van der Waals surface area contributed by atoms with Gasteiger partial charge in [0.1, 0.15) is 11.6 Å². The zero-order valence-corrected chi connectivity index (χ0v) is 24.5. The number of hydrogen-bond acceptors (Lipinski definition) is 5. The molecule has 0 aliphatic carbocycles. The van der Waals surface area contributed by atoms with Crippen LogP contribution in [0.5, 0.6) is 11.5 Å². The Kier molecular flexibility index (Phi) is 8.63. The van der Waals surface area contributed by atoms with E-state index in [1.54, 1.807) is 37.4 Å². The SMILES string of the molecule is CCCC(NC(=O)c1ccc(-c2c(Cl)cccc2-c2nc3cc(OC)c(F)cc3[nH]2)c(C(=O)O)c1)c1ccccc1OC. The van der Waals surface area contributed by atoms with Crippen LogP contribution in [0.1, 0.15) is 52.1 Å². The molecule has 220 valence electrons. The van der Waals surface area contributed by atoms with Crippen molar-refractivity contribution in [2.24, 2.45) is 0 Å². The number of methoxy groups -OCH3 is 2. The summed E-state index contributed by atoms with van der Waals surface area (Å²) in [6.45, 7) is 2.02. The zero-order valence-electron chi connectivity index (χ0n) is 23.7. The molecule has 8 nitrogen and oxygen atoms in total. The van der Waals surface area contributed by atoms with Crippen LogP contribution in [0, 0.1) is 5.82 Å². The lowest BCUT2D eigenvalue weighted by atomic mass is 9.93. The number of aromatic carboxylic acids is 1. The summed E-state index contributed by atoms with van der Waals surface area (Å²) in [6, 6.07) is 19.4. The third-order valence-corrected chi connectivity index (χ3v) is 7.52. The van der Waals surface area contributed by atoms with E-state index in [1.165, 1.54) is 25.3 Å². The van der Waals surface area contributed by atoms with Crippen molar-refractivity contribution in [3.05, 3.63) is 100 Å². The maximum absolute atomic E-state index is 14.3. The second-order valence-electron chi connectivity index (χ2n) is 9.87. The van der Waals surface area contributed by atoms with Gasteiger partial charge >= 0.3 is 5.97 Å². The van der Waals surface area contributed by atoms with Gasteiger partial charge in [0.2, 0.25) is 0 Å². The van der Waals surface area contributed by atoms with Crippen LogP contribution >= 0.6 is 11.6 Å². The van der Waals surface area contributed by atoms with Crippen LogP contribution in [0.4, 0.5) is 4.39 Å². The first-order valence-corrected chi connectivity index (χ1v) is 14.0. The molecule has 0 bridgehead atoms. The number of fused-ring (bicyclic) bond motifs is 1. The number of carbonyl (C=O) groups excluding carboxylic acids is 1. The van der Waals surface area contributed by atoms with Gasteiger partial charge in [-0.1, -0.05) is 61.3 Å². The van der Waals surface area contributed by atoms with Crippen molar-refractivity contribution in [2.45, 2.75) is 25.8 Å². The Bertz CT molecular complexity index is 1840. The lowest BCUT2D eigenvalue weighted by molar-refractivity contribution is 0.0697. The number of carboxylic acid groups (broad SMARTS) is 1. The smallest absolute Gasteiger partial charge is 0.336 e. The van der Waals surface area contributed by atoms with Crippen LogP contribution in [-0.2, 0) is 0 Å². The molecule has 1 unspecified atom stereocenters. The molecule has 1 amide bonds. The lowest BCUT2D eigenvalue weighted by Crippen LogP contribution is -2.29. The first-order valence-electron chi connectivity index (χ1n) is 13.6. The number of ether oxygens (including phenoxy) is 2. The Balaban J connectivity index is 1.55. The van der Waals surface area contributed by atoms with E-state index < -0.39 is 17.7 Å². The van der Waals surface area contributed by atoms with Crippen molar-refractivity contribution < 1.29 is 28.6 Å². The molecule has 1 aromatic heterocycles. The number of rotatable bonds is 10. The summed E-state index contributed by atoms with van der Waals surface area (Å²) < 4.78 is 24.9. The highest BCUT2D eigenvalue weighted by molar-refractivity contribution is 6.34. The minimum absolute atomic E-state index is 0.0470. The predicted octanol–water partition coefficient (Wildman–Crippen LogP) is 7.68. The number of halogens is 2. The Morgan fingerprint density at radius 1 is 1.00 bits per heavy atom. The largest absolute Gasteiger partial charge is 0.496 e. The molecule has 10 heteroatoms. The van der Waals surface area contributed by atoms with E-state index in [-0.39, 0.29) is 27.9 Å². The molecule has 1 heterocycles. The summed E-state index contributed by atoms with van der Waals surface area (Å²) in [5.74, 6) is -1.15. The van der Waals surface area contributed by atoms with Gasteiger partial charge in [0, 0.05) is 39.4 Å². The Labute approximate surface area is 252 Å². The first-order chi connectivity index (χ1) is 20.7. The highest BCUT2D eigenvalue weighted by atomic mass is 35.5. The Morgan fingerprint density at radius 3 is 2.49 bits per heavy atom. The number of H-pyrrole nitrogens is 1. The quantitative estimate of drug-likeness (QED) is 0.151. The lowest BCUT2D eigenvalue weighted by Gasteiger charge is -2.21. The van der Waals surface area contributed by atoms with Gasteiger partial charge in [0.25, 0.3) is 5.91 Å². The highest BCUT2D eigenvalue weighted by Gasteiger charge is 2.24. The summed E-state index contributed by atoms with van der Waals surface area (Å²) in [5, 5.41) is 13.5. The number of aromatic amines is 1. The Hall–Kier alpha value is -4.89. The van der Waals surface area contributed by atoms with E-state index in [0.29, 0.717) is 45.7 Å². The van der Waals surface area contributed by atoms with Crippen molar-refractivity contribution in [2.75, 3.05) is 14.2 Å². The predicted molar refractivity (Wildman–Crippen MR) is 164 cm³/mol. The molecule has 0 spiro atoms. The van der Waals surface area contributed by atoms with E-state index in [1.807, 2.05) is 31.2 Å². The van der Waals surface area contributed by atoms with Crippen LogP contribution in [0.2, 0.25) is 5.02 Å². The van der Waals surface area contributed by atoms with Crippen molar-refractivity contribution in [1.29, 1.82) is 0 Å². The molecule has 0 saturated heterocycles. The molecule has 0 fully saturated rings. The molecule has 4 aromatic carbocycles. The molecular formula is C33H29ClFN3O5. The molecular weight excluding hydrogens is 573 g/mol. The summed E-state index contributed by atoms with van der Waals surface area (Å²) in [4.78, 5) is 33.7. The number of imidazole rings is 1. The molecule has 5 rings (SSSR count). The van der Waals surface area contributed by atoms with E-state index in [9.17, 15) is 19.1 Å². The van der Waals surface area contributed by atoms with E-state index in [2.05, 4.69) is 15.3 Å². The number of carbonyl (C=O) groups is 2. The van der Waals surface area contributed by atoms with Crippen molar-refractivity contribution in [1.82, 2.24) is 15.3 Å². The standard InChI is InChI=1S/C33H29ClFN3O5/c1-4-8-25(20-9-5-6-12-28(20)42-2)38-32(39)18-13-14-19(22(15-18)33(40)41)30-21(10-7-11-23(30)34)31-36-26-16-24(35)29(43-3)17-27(26)37-31/h5-7,9-17,25H,4,8H2,1-3H3,(H,36,37)(H,38,39)(H,40,41). The third kappa shape index (κ3) is 5.89. The van der Waals surface area contributed by atoms with Gasteiger partial charge in [0.15, 0.2) is 11.6 Å². The molecule has 0 radical (unpaired) electrons. The first kappa shape index (κ1) is 29.6. The molecule has 3 N–H and O–H groups in total. The van der Waals surface area contributed by atoms with E-state index >= 15 is 0 Å². The fourth-order valence-electron chi connectivity index (χ4n) is 5.16. The number of nitrogens with one attached hydrogen (secondary N) is 2. The molecule has 0 aliphatic rings. The average molecular weight is 602 g/mol. The minimum atomic E-state index is -1.23. The van der Waals surface area contributed by atoms with Crippen LogP contribution in [0.3, 0.4) is 0 Å². The summed E-state index contributed by atoms with van der Waals surface area (Å²) in [5.41, 5.74) is 2.98. The van der Waals surface area contributed by atoms with Gasteiger partial charge in [-0.15, -0.1) is 0 Å². The van der Waals surface area contributed by atoms with Gasteiger partial charge in [-0.3, -0.25) is 4.79 Å². The molecule has 0 saturated carbocycles. The summed E-state index contributed by atoms with van der Waals surface area (Å²) >= 11 is 6.66. The number of nitrogens with zero attached hydrogens (tertiary/aromatic N) is 1. The number of carboxylic acids is 1. The number of aromatic nitrogens is 2. The number of amides is 1. The maximum atomic E-state index is 14.3. The van der Waals surface area contributed by atoms with E-state index in [4.69, 9.17) is 21.1 Å². The van der Waals surface area contributed by atoms with Crippen LogP contribution in [0.15, 0.2) is 72.8 Å². The zero-order chi connectivity index (χ0) is 30.7. The van der Waals surface area contributed by atoms with Crippen molar-refractivity contribution in [3.63, 3.8) is 0 Å². The normalized spacial score (nSPS) is 11.7. The van der Waals surface area contributed by atoms with E-state index in [0.717, 1.165) is 12.0 Å². The molecule has 5 aromatic rings. The van der Waals surface area contributed by atoms with Crippen molar-refractivity contribution >= 4 is 34.5 Å². The number of para-hydroxylation sites is 1. The highest BCUT2D eigenvalue weighted by Crippen LogP contribution is 2.40. The summed E-state index contributed by atoms with van der Waals surface area (Å²) in [6.07, 6.45) is 1.46. The van der Waals surface area contributed by atoms with Gasteiger partial charge in [-0.05, 0) is 36.2 Å². The van der Waals surface area contributed by atoms with Crippen LogP contribution in [-0.4, -0.2) is 41.2 Å². The topological polar surface area (TPSA) is 114 Å². The van der Waals surface area contributed by atoms with Gasteiger partial charge in [-0.25, -0.2) is 14.2 Å². The minimum Gasteiger partial charge on any atom is -0.496 e. The number of benzene rings is 4. The monoisotopic (exact) mass is 601 g/mol.